The van der Waals surface area contributed by atoms with Crippen molar-refractivity contribution < 1.29 is 24.0 Å². The summed E-state index contributed by atoms with van der Waals surface area (Å²) in [5.74, 6) is -0.966. The first-order valence-electron chi connectivity index (χ1n) is 8.03. The Balaban J connectivity index is 1.95. The largest absolute Gasteiger partial charge is 0.422 e. The van der Waals surface area contributed by atoms with Crippen LogP contribution < -0.4 is 4.74 Å². The molecule has 0 radical (unpaired) electrons. The number of carbonyl (C=O) groups is 2. The van der Waals surface area contributed by atoms with Gasteiger partial charge in [0.2, 0.25) is 5.75 Å². The monoisotopic (exact) mass is 365 g/mol. The molecule has 2 aromatic rings. The fourth-order valence-electron chi connectivity index (χ4n) is 2.54. The van der Waals surface area contributed by atoms with Gasteiger partial charge in [0.25, 0.3) is 0 Å². The van der Waals surface area contributed by atoms with E-state index >= 15 is 0 Å². The van der Waals surface area contributed by atoms with Gasteiger partial charge in [0.05, 0.1) is 10.5 Å². The summed E-state index contributed by atoms with van der Waals surface area (Å²) < 4.78 is 10.2. The lowest BCUT2D eigenvalue weighted by Gasteiger charge is -2.04. The molecule has 1 heterocycles. The van der Waals surface area contributed by atoms with Gasteiger partial charge in [-0.25, -0.2) is 4.79 Å². The van der Waals surface area contributed by atoms with Gasteiger partial charge < -0.3 is 9.47 Å². The van der Waals surface area contributed by atoms with E-state index in [2.05, 4.69) is 0 Å². The van der Waals surface area contributed by atoms with Crippen molar-refractivity contribution in [1.29, 1.82) is 0 Å². The van der Waals surface area contributed by atoms with E-state index in [1.54, 1.807) is 6.08 Å². The van der Waals surface area contributed by atoms with Gasteiger partial charge in [0.1, 0.15) is 5.76 Å². The third-order valence-corrected chi connectivity index (χ3v) is 3.82. The fraction of sp³-hybridized carbons (Fsp3) is 0.100. The van der Waals surface area contributed by atoms with Gasteiger partial charge in [-0.05, 0) is 36.8 Å². The number of benzene rings is 2. The minimum absolute atomic E-state index is 0.184. The molecule has 136 valence electrons. The molecule has 0 fully saturated rings. The normalized spacial score (nSPS) is 14.7. The molecule has 0 spiro atoms. The summed E-state index contributed by atoms with van der Waals surface area (Å²) in [6.45, 7) is 3.11. The summed E-state index contributed by atoms with van der Waals surface area (Å²) >= 11 is 0. The van der Waals surface area contributed by atoms with E-state index in [0.29, 0.717) is 11.3 Å². The second-order valence-corrected chi connectivity index (χ2v) is 5.94. The highest BCUT2D eigenvalue weighted by Crippen LogP contribution is 2.31. The van der Waals surface area contributed by atoms with Crippen LogP contribution in [0.5, 0.6) is 5.75 Å². The van der Waals surface area contributed by atoms with Crippen LogP contribution in [0.2, 0.25) is 0 Å². The number of aryl methyl sites for hydroxylation is 1. The van der Waals surface area contributed by atoms with E-state index in [0.717, 1.165) is 18.1 Å². The van der Waals surface area contributed by atoms with Crippen molar-refractivity contribution in [2.24, 2.45) is 0 Å². The number of rotatable bonds is 4. The summed E-state index contributed by atoms with van der Waals surface area (Å²) in [5, 5.41) is 11.1. The molecule has 0 saturated heterocycles. The summed E-state index contributed by atoms with van der Waals surface area (Å²) in [5.41, 5.74) is 2.26. The molecular weight excluding hydrogens is 350 g/mol. The molecular formula is C20H15NO6. The predicted molar refractivity (Wildman–Crippen MR) is 97.6 cm³/mol. The van der Waals surface area contributed by atoms with Crippen LogP contribution in [-0.4, -0.2) is 16.9 Å². The molecule has 0 amide bonds. The molecule has 7 nitrogen and oxygen atoms in total. The number of hydrogen-bond donors (Lipinski definition) is 0. The van der Waals surface area contributed by atoms with Gasteiger partial charge in [-0.2, -0.15) is 0 Å². The minimum atomic E-state index is -0.676. The number of ether oxygens (including phenoxy) is 2. The highest BCUT2D eigenvalue weighted by Gasteiger charge is 2.23. The molecule has 0 aromatic heterocycles. The van der Waals surface area contributed by atoms with Gasteiger partial charge in [0, 0.05) is 18.6 Å². The molecule has 0 atom stereocenters. The molecule has 0 N–H and O–H groups in total. The molecule has 3 rings (SSSR count). The van der Waals surface area contributed by atoms with E-state index in [-0.39, 0.29) is 17.0 Å². The molecule has 27 heavy (non-hydrogen) atoms. The van der Waals surface area contributed by atoms with Gasteiger partial charge in [-0.3, -0.25) is 14.9 Å². The molecule has 2 aromatic carbocycles. The first-order chi connectivity index (χ1) is 12.8. The molecule has 0 aliphatic carbocycles. The van der Waals surface area contributed by atoms with Crippen molar-refractivity contribution >= 4 is 29.5 Å². The minimum Gasteiger partial charge on any atom is -0.422 e. The van der Waals surface area contributed by atoms with Gasteiger partial charge >= 0.3 is 17.6 Å². The topological polar surface area (TPSA) is 95.7 Å². The number of hydrogen-bond acceptors (Lipinski definition) is 6. The maximum Gasteiger partial charge on any atom is 0.343 e. The number of nitro groups is 1. The smallest absolute Gasteiger partial charge is 0.343 e. The van der Waals surface area contributed by atoms with E-state index in [4.69, 9.17) is 9.47 Å². The standard InChI is InChI=1S/C20H15NO6/c1-12-3-6-15(7-4-12)18-11-16(20(23)27-18)9-14-5-8-17(21(24)25)19(10-14)26-13(2)22/h3-11H,1-2H3/b16-9+. The average molecular weight is 365 g/mol. The summed E-state index contributed by atoms with van der Waals surface area (Å²) in [6, 6.07) is 11.5. The Hall–Kier alpha value is -3.74. The zero-order chi connectivity index (χ0) is 19.6. The Morgan fingerprint density at radius 2 is 1.89 bits per heavy atom. The van der Waals surface area contributed by atoms with Crippen molar-refractivity contribution in [3.8, 4) is 5.75 Å². The van der Waals surface area contributed by atoms with Crippen molar-refractivity contribution in [3.05, 3.63) is 80.9 Å². The molecule has 0 bridgehead atoms. The predicted octanol–water partition coefficient (Wildman–Crippen LogP) is 3.81. The SMILES string of the molecule is CC(=O)Oc1cc(/C=C2\C=C(c3ccc(C)cc3)OC2=O)ccc1[N+](=O)[O-]. The molecule has 1 aliphatic heterocycles. The Morgan fingerprint density at radius 3 is 2.52 bits per heavy atom. The van der Waals surface area contributed by atoms with Crippen LogP contribution in [0, 0.1) is 17.0 Å². The van der Waals surface area contributed by atoms with Crippen LogP contribution in [0.4, 0.5) is 5.69 Å². The fourth-order valence-corrected chi connectivity index (χ4v) is 2.54. The second-order valence-electron chi connectivity index (χ2n) is 5.94. The van der Waals surface area contributed by atoms with Crippen molar-refractivity contribution in [2.45, 2.75) is 13.8 Å². The van der Waals surface area contributed by atoms with Crippen LogP contribution in [0.3, 0.4) is 0 Å². The summed E-state index contributed by atoms with van der Waals surface area (Å²) in [6.07, 6.45) is 3.11. The average Bonchev–Trinajstić information content (AvgIpc) is 2.95. The van der Waals surface area contributed by atoms with E-state index in [1.165, 1.54) is 24.3 Å². The second kappa shape index (κ2) is 7.25. The van der Waals surface area contributed by atoms with Gasteiger partial charge in [-0.15, -0.1) is 0 Å². The van der Waals surface area contributed by atoms with Gasteiger partial charge in [0.15, 0.2) is 0 Å². The number of esters is 2. The van der Waals surface area contributed by atoms with E-state index in [1.807, 2.05) is 31.2 Å². The maximum atomic E-state index is 12.1. The highest BCUT2D eigenvalue weighted by molar-refractivity contribution is 6.05. The van der Waals surface area contributed by atoms with Crippen molar-refractivity contribution in [1.82, 2.24) is 0 Å². The molecule has 0 saturated carbocycles. The van der Waals surface area contributed by atoms with Crippen LogP contribution in [0.1, 0.15) is 23.6 Å². The van der Waals surface area contributed by atoms with Crippen molar-refractivity contribution in [2.75, 3.05) is 0 Å². The maximum absolute atomic E-state index is 12.1. The highest BCUT2D eigenvalue weighted by atomic mass is 16.6. The van der Waals surface area contributed by atoms with Crippen molar-refractivity contribution in [3.63, 3.8) is 0 Å². The number of carbonyl (C=O) groups excluding carboxylic acids is 2. The quantitative estimate of drug-likeness (QED) is 0.269. The lowest BCUT2D eigenvalue weighted by molar-refractivity contribution is -0.385. The molecule has 0 unspecified atom stereocenters. The molecule has 1 aliphatic rings. The first-order valence-corrected chi connectivity index (χ1v) is 8.03. The first kappa shape index (κ1) is 18.1. The zero-order valence-corrected chi connectivity index (χ0v) is 14.6. The van der Waals surface area contributed by atoms with Gasteiger partial charge in [-0.1, -0.05) is 29.8 Å². The lowest BCUT2D eigenvalue weighted by atomic mass is 10.1. The van der Waals surface area contributed by atoms with Crippen LogP contribution in [0.15, 0.2) is 54.1 Å². The van der Waals surface area contributed by atoms with Crippen LogP contribution in [0.25, 0.3) is 11.8 Å². The van der Waals surface area contributed by atoms with Crippen LogP contribution >= 0.6 is 0 Å². The summed E-state index contributed by atoms with van der Waals surface area (Å²) in [4.78, 5) is 33.7. The van der Waals surface area contributed by atoms with Crippen LogP contribution in [-0.2, 0) is 14.3 Å². The lowest BCUT2D eigenvalue weighted by Crippen LogP contribution is -2.04. The zero-order valence-electron chi connectivity index (χ0n) is 14.6. The molecule has 7 heteroatoms. The summed E-state index contributed by atoms with van der Waals surface area (Å²) in [7, 11) is 0. The third-order valence-electron chi connectivity index (χ3n) is 3.82. The van der Waals surface area contributed by atoms with E-state index in [9.17, 15) is 19.7 Å². The Kier molecular flexibility index (Phi) is 4.85. The Labute approximate surface area is 154 Å². The number of cyclic esters (lactones) is 1. The number of nitro benzene ring substituents is 1. The Morgan fingerprint density at radius 1 is 1.19 bits per heavy atom. The third kappa shape index (κ3) is 4.09. The van der Waals surface area contributed by atoms with E-state index < -0.39 is 16.9 Å². The Bertz CT molecular complexity index is 1000. The number of nitrogens with zero attached hydrogens (tertiary/aromatic N) is 1.